The van der Waals surface area contributed by atoms with Crippen molar-refractivity contribution in [1.29, 1.82) is 0 Å². The number of benzene rings is 3. The van der Waals surface area contributed by atoms with Gasteiger partial charge in [0.2, 0.25) is 0 Å². The maximum Gasteiger partial charge on any atom is 0.408 e. The van der Waals surface area contributed by atoms with E-state index in [2.05, 4.69) is 30.4 Å². The van der Waals surface area contributed by atoms with E-state index in [1.807, 2.05) is 78.9 Å². The van der Waals surface area contributed by atoms with Gasteiger partial charge < -0.3 is 28.9 Å². The maximum absolute atomic E-state index is 12.9. The lowest BCUT2D eigenvalue weighted by molar-refractivity contribution is -0.890. The molecule has 244 valence electrons. The molecule has 3 aromatic rings. The van der Waals surface area contributed by atoms with Crippen molar-refractivity contribution in [3.8, 4) is 5.75 Å². The summed E-state index contributed by atoms with van der Waals surface area (Å²) in [5, 5.41) is 3.12. The summed E-state index contributed by atoms with van der Waals surface area (Å²) in [6, 6.07) is 28.0. The summed E-state index contributed by atoms with van der Waals surface area (Å²) >= 11 is 0. The van der Waals surface area contributed by atoms with Gasteiger partial charge in [-0.05, 0) is 49.3 Å². The lowest BCUT2D eigenvalue weighted by atomic mass is 9.99. The normalized spacial score (nSPS) is 14.4. The molecule has 0 bridgehead atoms. The molecule has 3 aromatic carbocycles. The van der Waals surface area contributed by atoms with Gasteiger partial charge in [0.05, 0.1) is 46.9 Å². The molecular weight excluding hydrogens is 562 g/mol. The van der Waals surface area contributed by atoms with Crippen LogP contribution >= 0.6 is 0 Å². The lowest BCUT2D eigenvalue weighted by Gasteiger charge is -2.34. The Labute approximate surface area is 271 Å². The molecular formula is C38H54N3O4+. The highest BCUT2D eigenvalue weighted by Crippen LogP contribution is 2.23. The number of hydrogen-bond donors (Lipinski definition) is 1. The van der Waals surface area contributed by atoms with Crippen LogP contribution in [0.4, 0.5) is 4.79 Å². The van der Waals surface area contributed by atoms with E-state index in [1.54, 1.807) is 7.11 Å². The van der Waals surface area contributed by atoms with Crippen molar-refractivity contribution in [1.82, 2.24) is 10.2 Å². The highest BCUT2D eigenvalue weighted by molar-refractivity contribution is 5.69. The van der Waals surface area contributed by atoms with Gasteiger partial charge >= 0.3 is 6.09 Å². The van der Waals surface area contributed by atoms with E-state index in [0.29, 0.717) is 6.61 Å². The molecule has 1 aliphatic heterocycles. The molecule has 0 atom stereocenters. The van der Waals surface area contributed by atoms with Gasteiger partial charge in [-0.15, -0.1) is 0 Å². The minimum Gasteiger partial charge on any atom is -0.496 e. The van der Waals surface area contributed by atoms with Gasteiger partial charge in [-0.2, -0.15) is 0 Å². The van der Waals surface area contributed by atoms with Crippen LogP contribution < -0.4 is 10.1 Å². The van der Waals surface area contributed by atoms with E-state index < -0.39 is 0 Å². The lowest BCUT2D eigenvalue weighted by Crippen LogP contribution is -2.44. The third-order valence-electron chi connectivity index (χ3n) is 8.83. The molecule has 1 aliphatic rings. The van der Waals surface area contributed by atoms with E-state index in [-0.39, 0.29) is 18.2 Å². The number of para-hydroxylation sites is 1. The average Bonchev–Trinajstić information content (AvgIpc) is 3.06. The predicted octanol–water partition coefficient (Wildman–Crippen LogP) is 7.22. The first-order valence-electron chi connectivity index (χ1n) is 16.7. The van der Waals surface area contributed by atoms with Gasteiger partial charge in [0.1, 0.15) is 11.9 Å². The highest BCUT2D eigenvalue weighted by atomic mass is 16.6. The Balaban J connectivity index is 1.05. The molecule has 1 heterocycles. The Hall–Kier alpha value is -3.39. The maximum atomic E-state index is 12.9. The minimum atomic E-state index is -0.342. The number of methoxy groups -OCH3 is 1. The quantitative estimate of drug-likeness (QED) is 0.121. The Morgan fingerprint density at radius 2 is 1.42 bits per heavy atom. The van der Waals surface area contributed by atoms with E-state index in [9.17, 15) is 4.79 Å². The van der Waals surface area contributed by atoms with Gasteiger partial charge in [0, 0.05) is 38.2 Å². The number of piperidine rings is 1. The van der Waals surface area contributed by atoms with Crippen molar-refractivity contribution >= 4 is 6.09 Å². The number of ether oxygens (including phenoxy) is 3. The molecule has 0 radical (unpaired) electrons. The average molecular weight is 617 g/mol. The molecule has 7 heteroatoms. The van der Waals surface area contributed by atoms with Crippen LogP contribution in [-0.2, 0) is 16.1 Å². The summed E-state index contributed by atoms with van der Waals surface area (Å²) in [5.74, 6) is 0.896. The number of hydrogen-bond acceptors (Lipinski definition) is 5. The molecule has 0 saturated carbocycles. The smallest absolute Gasteiger partial charge is 0.408 e. The third kappa shape index (κ3) is 12.1. The van der Waals surface area contributed by atoms with E-state index in [4.69, 9.17) is 14.2 Å². The molecule has 0 spiro atoms. The summed E-state index contributed by atoms with van der Waals surface area (Å²) < 4.78 is 18.2. The van der Waals surface area contributed by atoms with Crippen LogP contribution in [0.1, 0.15) is 67.7 Å². The van der Waals surface area contributed by atoms with E-state index >= 15 is 0 Å². The van der Waals surface area contributed by atoms with E-state index in [1.165, 1.54) is 38.8 Å². The number of carbonyl (C=O) groups is 1. The van der Waals surface area contributed by atoms with Crippen molar-refractivity contribution in [3.63, 3.8) is 0 Å². The summed E-state index contributed by atoms with van der Waals surface area (Å²) in [4.78, 5) is 15.4. The van der Waals surface area contributed by atoms with Crippen molar-refractivity contribution in [2.24, 2.45) is 0 Å². The van der Waals surface area contributed by atoms with Gasteiger partial charge in [-0.1, -0.05) is 85.3 Å². The Morgan fingerprint density at radius 3 is 2.09 bits per heavy atom. The van der Waals surface area contributed by atoms with Crippen LogP contribution in [0.5, 0.6) is 5.75 Å². The zero-order chi connectivity index (χ0) is 31.7. The number of rotatable bonds is 18. The summed E-state index contributed by atoms with van der Waals surface area (Å²) in [5.41, 5.74) is 3.20. The summed E-state index contributed by atoms with van der Waals surface area (Å²) in [6.45, 7) is 6.86. The largest absolute Gasteiger partial charge is 0.496 e. The van der Waals surface area contributed by atoms with Crippen LogP contribution in [0.25, 0.3) is 0 Å². The van der Waals surface area contributed by atoms with Crippen molar-refractivity contribution in [3.05, 3.63) is 102 Å². The van der Waals surface area contributed by atoms with Crippen LogP contribution in [-0.4, -0.2) is 82.1 Å². The molecule has 1 amide bonds. The monoisotopic (exact) mass is 616 g/mol. The number of nitrogens with one attached hydrogen (secondary N) is 1. The van der Waals surface area contributed by atoms with E-state index in [0.717, 1.165) is 72.4 Å². The Morgan fingerprint density at radius 1 is 0.822 bits per heavy atom. The number of nitrogens with zero attached hydrogens (tertiary/aromatic N) is 2. The first kappa shape index (κ1) is 34.5. The molecule has 0 unspecified atom stereocenters. The molecule has 45 heavy (non-hydrogen) atoms. The molecule has 1 N–H and O–H groups in total. The summed E-state index contributed by atoms with van der Waals surface area (Å²) in [7, 11) is 6.41. The molecule has 7 nitrogen and oxygen atoms in total. The topological polar surface area (TPSA) is 60.0 Å². The number of quaternary nitrogens is 1. The van der Waals surface area contributed by atoms with Gasteiger partial charge in [0.25, 0.3) is 0 Å². The van der Waals surface area contributed by atoms with Crippen LogP contribution in [0, 0.1) is 0 Å². The first-order valence-corrected chi connectivity index (χ1v) is 16.7. The fraction of sp³-hybridized carbons (Fsp3) is 0.500. The van der Waals surface area contributed by atoms with Crippen molar-refractivity contribution in [2.45, 2.75) is 63.7 Å². The molecule has 0 aromatic heterocycles. The zero-order valence-corrected chi connectivity index (χ0v) is 27.7. The second-order valence-electron chi connectivity index (χ2n) is 12.9. The van der Waals surface area contributed by atoms with Crippen LogP contribution in [0.2, 0.25) is 0 Å². The van der Waals surface area contributed by atoms with Gasteiger partial charge in [-0.3, -0.25) is 0 Å². The highest BCUT2D eigenvalue weighted by Gasteiger charge is 2.25. The Bertz CT molecular complexity index is 1210. The second-order valence-corrected chi connectivity index (χ2v) is 12.9. The number of amides is 1. The minimum absolute atomic E-state index is 0.0350. The number of unbranched alkanes of at least 4 members (excludes halogenated alkanes) is 3. The van der Waals surface area contributed by atoms with Gasteiger partial charge in [0.15, 0.2) is 0 Å². The van der Waals surface area contributed by atoms with Gasteiger partial charge in [-0.25, -0.2) is 4.79 Å². The number of likely N-dealkylation sites (tertiary alicyclic amines) is 1. The molecule has 1 saturated heterocycles. The predicted molar refractivity (Wildman–Crippen MR) is 181 cm³/mol. The Kier molecular flexibility index (Phi) is 14.2. The SMILES string of the molecule is COc1ccccc1COCCCCCC[N+](C)(C)CCCN1CCC(OC(=O)NC(c2ccccc2)c2ccccc2)CC1. The van der Waals surface area contributed by atoms with Crippen LogP contribution in [0.15, 0.2) is 84.9 Å². The third-order valence-corrected chi connectivity index (χ3v) is 8.83. The molecule has 4 rings (SSSR count). The molecule has 1 fully saturated rings. The first-order chi connectivity index (χ1) is 21.9. The van der Waals surface area contributed by atoms with Crippen LogP contribution in [0.3, 0.4) is 0 Å². The van der Waals surface area contributed by atoms with Crippen molar-refractivity contribution < 1.29 is 23.5 Å². The van der Waals surface area contributed by atoms with Crippen molar-refractivity contribution in [2.75, 3.05) is 60.5 Å². The molecule has 0 aliphatic carbocycles. The number of carbonyl (C=O) groups excluding carboxylic acids is 1. The fourth-order valence-electron chi connectivity index (χ4n) is 6.14. The zero-order valence-electron chi connectivity index (χ0n) is 27.7. The second kappa shape index (κ2) is 18.5. The fourth-order valence-corrected chi connectivity index (χ4v) is 6.14. The summed E-state index contributed by atoms with van der Waals surface area (Å²) in [6.07, 6.45) is 7.39. The number of alkyl carbamates (subject to hydrolysis) is 1. The standard InChI is InChI=1S/C38H53N3O4/c1-41(2,28-14-4-5-15-30-44-31-34-21-12-13-22-36(34)43-3)29-16-25-40-26-23-35(24-27-40)45-38(42)39-37(32-17-8-6-9-18-32)33-19-10-7-11-20-33/h6-13,17-22,35,37H,4-5,14-16,23-31H2,1-3H3/p+1.